The van der Waals surface area contributed by atoms with E-state index in [0.29, 0.717) is 19.5 Å². The molecule has 98 valence electrons. The van der Waals surface area contributed by atoms with Gasteiger partial charge in [0.1, 0.15) is 5.75 Å². The third kappa shape index (κ3) is 2.82. The first-order valence-corrected chi connectivity index (χ1v) is 6.38. The molecule has 0 aliphatic carbocycles. The van der Waals surface area contributed by atoms with Gasteiger partial charge in [0.2, 0.25) is 5.91 Å². The van der Waals surface area contributed by atoms with E-state index in [4.69, 9.17) is 10.5 Å². The Hall–Kier alpha value is -1.55. The van der Waals surface area contributed by atoms with Crippen LogP contribution < -0.4 is 10.5 Å². The first-order chi connectivity index (χ1) is 8.74. The summed E-state index contributed by atoms with van der Waals surface area (Å²) in [5, 5.41) is 0. The summed E-state index contributed by atoms with van der Waals surface area (Å²) in [6.45, 7) is 1.99. The van der Waals surface area contributed by atoms with Gasteiger partial charge in [-0.2, -0.15) is 0 Å². The third-order valence-corrected chi connectivity index (χ3v) is 3.36. The second-order valence-electron chi connectivity index (χ2n) is 4.62. The van der Waals surface area contributed by atoms with Gasteiger partial charge in [-0.1, -0.05) is 6.07 Å². The molecule has 0 saturated carbocycles. The molecule has 0 unspecified atom stereocenters. The normalized spacial score (nSPS) is 15.9. The first kappa shape index (κ1) is 12.9. The van der Waals surface area contributed by atoms with Crippen molar-refractivity contribution in [3.8, 4) is 5.75 Å². The zero-order chi connectivity index (χ0) is 13.0. The highest BCUT2D eigenvalue weighted by molar-refractivity contribution is 5.76. The second-order valence-corrected chi connectivity index (χ2v) is 4.62. The molecule has 1 amide bonds. The van der Waals surface area contributed by atoms with E-state index in [0.717, 1.165) is 36.3 Å². The largest absolute Gasteiger partial charge is 0.496 e. The fourth-order valence-electron chi connectivity index (χ4n) is 2.34. The van der Waals surface area contributed by atoms with Crippen molar-refractivity contribution in [2.45, 2.75) is 32.4 Å². The van der Waals surface area contributed by atoms with Crippen molar-refractivity contribution in [2.24, 2.45) is 5.73 Å². The van der Waals surface area contributed by atoms with Crippen LogP contribution in [0, 0.1) is 0 Å². The molecule has 1 aromatic rings. The molecule has 4 heteroatoms. The highest BCUT2D eigenvalue weighted by Gasteiger charge is 2.18. The molecule has 0 bridgehead atoms. The molecule has 0 aromatic heterocycles. The van der Waals surface area contributed by atoms with Crippen LogP contribution in [0.4, 0.5) is 0 Å². The van der Waals surface area contributed by atoms with Gasteiger partial charge in [0.25, 0.3) is 0 Å². The number of piperidine rings is 1. The predicted molar refractivity (Wildman–Crippen MR) is 70.2 cm³/mol. The van der Waals surface area contributed by atoms with E-state index < -0.39 is 0 Å². The molecular formula is C14H20N2O2. The standard InChI is InChI=1S/C14H20N2O2/c1-18-13-6-5-11(8-12(13)9-15)10-16-7-3-2-4-14(16)17/h5-6,8H,2-4,7,9-10,15H2,1H3. The Balaban J connectivity index is 2.11. The molecule has 1 fully saturated rings. The molecule has 0 atom stereocenters. The number of carbonyl (C=O) groups excluding carboxylic acids is 1. The molecule has 1 aliphatic heterocycles. The van der Waals surface area contributed by atoms with Crippen molar-refractivity contribution in [3.63, 3.8) is 0 Å². The summed E-state index contributed by atoms with van der Waals surface area (Å²) in [6, 6.07) is 5.95. The number of benzene rings is 1. The quantitative estimate of drug-likeness (QED) is 0.881. The van der Waals surface area contributed by atoms with Gasteiger partial charge in [0.05, 0.1) is 7.11 Å². The average molecular weight is 248 g/mol. The number of carbonyl (C=O) groups is 1. The Bertz CT molecular complexity index is 432. The Labute approximate surface area is 108 Å². The molecule has 1 aromatic carbocycles. The predicted octanol–water partition coefficient (Wildman–Crippen LogP) is 1.67. The minimum absolute atomic E-state index is 0.256. The van der Waals surface area contributed by atoms with Crippen LogP contribution in [0.25, 0.3) is 0 Å². The number of methoxy groups -OCH3 is 1. The van der Waals surface area contributed by atoms with Crippen LogP contribution in [-0.2, 0) is 17.9 Å². The van der Waals surface area contributed by atoms with Crippen LogP contribution in [0.3, 0.4) is 0 Å². The van der Waals surface area contributed by atoms with Crippen LogP contribution in [-0.4, -0.2) is 24.5 Å². The van der Waals surface area contributed by atoms with Gasteiger partial charge in [-0.3, -0.25) is 4.79 Å². The molecular weight excluding hydrogens is 228 g/mol. The van der Waals surface area contributed by atoms with E-state index in [1.165, 1.54) is 0 Å². The van der Waals surface area contributed by atoms with Gasteiger partial charge in [-0.25, -0.2) is 0 Å². The number of ether oxygens (including phenoxy) is 1. The monoisotopic (exact) mass is 248 g/mol. The van der Waals surface area contributed by atoms with Crippen molar-refractivity contribution in [1.29, 1.82) is 0 Å². The average Bonchev–Trinajstić information content (AvgIpc) is 2.41. The Morgan fingerprint density at radius 1 is 1.39 bits per heavy atom. The second kappa shape index (κ2) is 5.87. The maximum Gasteiger partial charge on any atom is 0.222 e. The van der Waals surface area contributed by atoms with Gasteiger partial charge in [-0.15, -0.1) is 0 Å². The molecule has 2 rings (SSSR count). The van der Waals surface area contributed by atoms with E-state index >= 15 is 0 Å². The topological polar surface area (TPSA) is 55.6 Å². The Morgan fingerprint density at radius 3 is 2.89 bits per heavy atom. The number of likely N-dealkylation sites (tertiary alicyclic amines) is 1. The summed E-state index contributed by atoms with van der Waals surface area (Å²) < 4.78 is 5.24. The Morgan fingerprint density at radius 2 is 2.22 bits per heavy atom. The van der Waals surface area contributed by atoms with Crippen molar-refractivity contribution >= 4 is 5.91 Å². The first-order valence-electron chi connectivity index (χ1n) is 6.38. The molecule has 0 radical (unpaired) electrons. The summed E-state index contributed by atoms with van der Waals surface area (Å²) in [6.07, 6.45) is 2.80. The Kier molecular flexibility index (Phi) is 4.20. The summed E-state index contributed by atoms with van der Waals surface area (Å²) in [4.78, 5) is 13.7. The van der Waals surface area contributed by atoms with Crippen molar-refractivity contribution < 1.29 is 9.53 Å². The van der Waals surface area contributed by atoms with Crippen molar-refractivity contribution in [1.82, 2.24) is 4.90 Å². The highest BCUT2D eigenvalue weighted by atomic mass is 16.5. The minimum atomic E-state index is 0.256. The summed E-state index contributed by atoms with van der Waals surface area (Å²) >= 11 is 0. The minimum Gasteiger partial charge on any atom is -0.496 e. The lowest BCUT2D eigenvalue weighted by Crippen LogP contribution is -2.34. The van der Waals surface area contributed by atoms with E-state index in [-0.39, 0.29) is 5.91 Å². The van der Waals surface area contributed by atoms with Gasteiger partial charge >= 0.3 is 0 Å². The molecule has 2 N–H and O–H groups in total. The van der Waals surface area contributed by atoms with Crippen LogP contribution in [0.1, 0.15) is 30.4 Å². The number of nitrogens with zero attached hydrogens (tertiary/aromatic N) is 1. The third-order valence-electron chi connectivity index (χ3n) is 3.36. The zero-order valence-electron chi connectivity index (χ0n) is 10.8. The number of hydrogen-bond donors (Lipinski definition) is 1. The number of hydrogen-bond acceptors (Lipinski definition) is 3. The number of amides is 1. The van der Waals surface area contributed by atoms with Crippen LogP contribution in [0.2, 0.25) is 0 Å². The molecule has 1 heterocycles. The van der Waals surface area contributed by atoms with E-state index in [9.17, 15) is 4.79 Å². The number of rotatable bonds is 4. The maximum atomic E-state index is 11.8. The van der Waals surface area contributed by atoms with E-state index in [1.807, 2.05) is 23.1 Å². The molecule has 1 saturated heterocycles. The molecule has 18 heavy (non-hydrogen) atoms. The summed E-state index contributed by atoms with van der Waals surface area (Å²) in [5.74, 6) is 1.07. The van der Waals surface area contributed by atoms with Crippen LogP contribution in [0.15, 0.2) is 18.2 Å². The zero-order valence-corrected chi connectivity index (χ0v) is 10.8. The van der Waals surface area contributed by atoms with Gasteiger partial charge in [0, 0.05) is 31.6 Å². The molecule has 4 nitrogen and oxygen atoms in total. The fraction of sp³-hybridized carbons (Fsp3) is 0.500. The summed E-state index contributed by atoms with van der Waals surface area (Å²) in [5.41, 5.74) is 7.80. The highest BCUT2D eigenvalue weighted by Crippen LogP contribution is 2.21. The van der Waals surface area contributed by atoms with Gasteiger partial charge < -0.3 is 15.4 Å². The van der Waals surface area contributed by atoms with E-state index in [1.54, 1.807) is 7.11 Å². The summed E-state index contributed by atoms with van der Waals surface area (Å²) in [7, 11) is 1.64. The van der Waals surface area contributed by atoms with E-state index in [2.05, 4.69) is 0 Å². The van der Waals surface area contributed by atoms with Crippen molar-refractivity contribution in [3.05, 3.63) is 29.3 Å². The maximum absolute atomic E-state index is 11.8. The van der Waals surface area contributed by atoms with Gasteiger partial charge in [-0.05, 0) is 30.5 Å². The smallest absolute Gasteiger partial charge is 0.222 e. The van der Waals surface area contributed by atoms with Gasteiger partial charge in [0.15, 0.2) is 0 Å². The number of nitrogens with two attached hydrogens (primary N) is 1. The molecule has 0 spiro atoms. The molecule has 1 aliphatic rings. The lowest BCUT2D eigenvalue weighted by atomic mass is 10.1. The lowest BCUT2D eigenvalue weighted by molar-refractivity contribution is -0.133. The SMILES string of the molecule is COc1ccc(CN2CCCCC2=O)cc1CN. The lowest BCUT2D eigenvalue weighted by Gasteiger charge is -2.27. The van der Waals surface area contributed by atoms with Crippen molar-refractivity contribution in [2.75, 3.05) is 13.7 Å². The fourth-order valence-corrected chi connectivity index (χ4v) is 2.34. The van der Waals surface area contributed by atoms with Crippen LogP contribution in [0.5, 0.6) is 5.75 Å². The van der Waals surface area contributed by atoms with Crippen LogP contribution >= 0.6 is 0 Å².